The van der Waals surface area contributed by atoms with Crippen LogP contribution in [0.3, 0.4) is 0 Å². The molecule has 0 unspecified atom stereocenters. The van der Waals surface area contributed by atoms with E-state index >= 15 is 0 Å². The average Bonchev–Trinajstić information content (AvgIpc) is 2.27. The van der Waals surface area contributed by atoms with E-state index in [9.17, 15) is 0 Å². The Kier molecular flexibility index (Phi) is 6.62. The molecule has 102 valence electrons. The highest BCUT2D eigenvalue weighted by Crippen LogP contribution is 2.22. The molecule has 0 heterocycles. The van der Waals surface area contributed by atoms with E-state index in [1.807, 2.05) is 0 Å². The van der Waals surface area contributed by atoms with Gasteiger partial charge in [-0.25, -0.2) is 0 Å². The van der Waals surface area contributed by atoms with E-state index in [0.717, 1.165) is 11.8 Å². The fourth-order valence-electron chi connectivity index (χ4n) is 2.30. The van der Waals surface area contributed by atoms with Crippen molar-refractivity contribution in [3.05, 3.63) is 24.3 Å². The standard InChI is InChI=1S/C16H27NS/c1-12(2)9-15(10-13(3)4)17-14-7-6-8-16(11-14)18-5/h6-8,11-13,15,17H,9-10H2,1-5H3. The van der Waals surface area contributed by atoms with Crippen molar-refractivity contribution < 1.29 is 0 Å². The van der Waals surface area contributed by atoms with Gasteiger partial charge in [-0.2, -0.15) is 0 Å². The summed E-state index contributed by atoms with van der Waals surface area (Å²) in [6.07, 6.45) is 4.60. The van der Waals surface area contributed by atoms with Crippen LogP contribution in [0.2, 0.25) is 0 Å². The molecular weight excluding hydrogens is 238 g/mol. The van der Waals surface area contributed by atoms with Gasteiger partial charge in [0.15, 0.2) is 0 Å². The maximum absolute atomic E-state index is 3.70. The van der Waals surface area contributed by atoms with Crippen molar-refractivity contribution in [1.29, 1.82) is 0 Å². The van der Waals surface area contributed by atoms with Gasteiger partial charge in [0, 0.05) is 16.6 Å². The van der Waals surface area contributed by atoms with Crippen LogP contribution in [0.25, 0.3) is 0 Å². The van der Waals surface area contributed by atoms with Crippen LogP contribution in [-0.4, -0.2) is 12.3 Å². The van der Waals surface area contributed by atoms with Gasteiger partial charge in [-0.3, -0.25) is 0 Å². The molecule has 1 nitrogen and oxygen atoms in total. The summed E-state index contributed by atoms with van der Waals surface area (Å²) in [5.74, 6) is 1.48. The van der Waals surface area contributed by atoms with Crippen LogP contribution in [0.1, 0.15) is 40.5 Å². The van der Waals surface area contributed by atoms with Gasteiger partial charge in [-0.05, 0) is 49.1 Å². The molecule has 0 aliphatic heterocycles. The third kappa shape index (κ3) is 5.81. The van der Waals surface area contributed by atoms with E-state index in [0.29, 0.717) is 6.04 Å². The lowest BCUT2D eigenvalue weighted by atomic mass is 9.95. The molecule has 0 radical (unpaired) electrons. The predicted molar refractivity (Wildman–Crippen MR) is 84.5 cm³/mol. The largest absolute Gasteiger partial charge is 0.382 e. The lowest BCUT2D eigenvalue weighted by Crippen LogP contribution is -2.23. The second-order valence-corrected chi connectivity index (χ2v) is 6.71. The molecule has 0 atom stereocenters. The average molecular weight is 265 g/mol. The van der Waals surface area contributed by atoms with Gasteiger partial charge < -0.3 is 5.32 Å². The Morgan fingerprint density at radius 2 is 1.67 bits per heavy atom. The lowest BCUT2D eigenvalue weighted by molar-refractivity contribution is 0.442. The summed E-state index contributed by atoms with van der Waals surface area (Å²) in [5.41, 5.74) is 1.26. The quantitative estimate of drug-likeness (QED) is 0.673. The van der Waals surface area contributed by atoms with Crippen LogP contribution in [-0.2, 0) is 0 Å². The third-order valence-electron chi connectivity index (χ3n) is 2.95. The Morgan fingerprint density at radius 1 is 1.06 bits per heavy atom. The molecule has 0 saturated heterocycles. The van der Waals surface area contributed by atoms with Gasteiger partial charge in [0.2, 0.25) is 0 Å². The minimum atomic E-state index is 0.585. The van der Waals surface area contributed by atoms with Crippen molar-refractivity contribution in [2.45, 2.75) is 51.5 Å². The van der Waals surface area contributed by atoms with Crippen LogP contribution < -0.4 is 5.32 Å². The van der Waals surface area contributed by atoms with Crippen LogP contribution in [0.4, 0.5) is 5.69 Å². The van der Waals surface area contributed by atoms with Crippen molar-refractivity contribution >= 4 is 17.4 Å². The van der Waals surface area contributed by atoms with Gasteiger partial charge in [-0.1, -0.05) is 33.8 Å². The first-order valence-corrected chi connectivity index (χ1v) is 8.14. The lowest BCUT2D eigenvalue weighted by Gasteiger charge is -2.23. The van der Waals surface area contributed by atoms with E-state index in [-0.39, 0.29) is 0 Å². The summed E-state index contributed by atoms with van der Waals surface area (Å²) in [5, 5.41) is 3.70. The highest BCUT2D eigenvalue weighted by Gasteiger charge is 2.12. The molecule has 0 aliphatic carbocycles. The first-order valence-electron chi connectivity index (χ1n) is 6.91. The molecule has 0 amide bonds. The molecule has 1 aromatic rings. The zero-order chi connectivity index (χ0) is 13.5. The SMILES string of the molecule is CSc1cccc(NC(CC(C)C)CC(C)C)c1. The molecule has 0 bridgehead atoms. The van der Waals surface area contributed by atoms with Gasteiger partial charge >= 0.3 is 0 Å². The van der Waals surface area contributed by atoms with Gasteiger partial charge in [0.1, 0.15) is 0 Å². The Balaban J connectivity index is 2.68. The predicted octanol–water partition coefficient (Wildman–Crippen LogP) is 5.28. The highest BCUT2D eigenvalue weighted by molar-refractivity contribution is 7.98. The van der Waals surface area contributed by atoms with Crippen LogP contribution in [0.5, 0.6) is 0 Å². The molecule has 18 heavy (non-hydrogen) atoms. The smallest absolute Gasteiger partial charge is 0.0353 e. The van der Waals surface area contributed by atoms with E-state index in [2.05, 4.69) is 63.5 Å². The summed E-state index contributed by atoms with van der Waals surface area (Å²) < 4.78 is 0. The Morgan fingerprint density at radius 3 is 2.17 bits per heavy atom. The fraction of sp³-hybridized carbons (Fsp3) is 0.625. The van der Waals surface area contributed by atoms with Gasteiger partial charge in [0.25, 0.3) is 0 Å². The number of hydrogen-bond donors (Lipinski definition) is 1. The topological polar surface area (TPSA) is 12.0 Å². The third-order valence-corrected chi connectivity index (χ3v) is 3.68. The zero-order valence-electron chi connectivity index (χ0n) is 12.4. The van der Waals surface area contributed by atoms with E-state index in [1.165, 1.54) is 23.4 Å². The molecule has 1 rings (SSSR count). The maximum Gasteiger partial charge on any atom is 0.0353 e. The number of thioether (sulfide) groups is 1. The first kappa shape index (κ1) is 15.4. The summed E-state index contributed by atoms with van der Waals surface area (Å²) >= 11 is 1.80. The summed E-state index contributed by atoms with van der Waals surface area (Å²) in [6, 6.07) is 9.30. The van der Waals surface area contributed by atoms with Crippen LogP contribution in [0, 0.1) is 11.8 Å². The summed E-state index contributed by atoms with van der Waals surface area (Å²) in [6.45, 7) is 9.20. The summed E-state index contributed by atoms with van der Waals surface area (Å²) in [7, 11) is 0. The monoisotopic (exact) mass is 265 g/mol. The number of rotatable bonds is 7. The number of nitrogens with one attached hydrogen (secondary N) is 1. The molecule has 1 aromatic carbocycles. The van der Waals surface area contributed by atoms with Crippen LogP contribution >= 0.6 is 11.8 Å². The van der Waals surface area contributed by atoms with Crippen molar-refractivity contribution in [2.24, 2.45) is 11.8 Å². The van der Waals surface area contributed by atoms with Crippen LogP contribution in [0.15, 0.2) is 29.2 Å². The van der Waals surface area contributed by atoms with Crippen molar-refractivity contribution in [2.75, 3.05) is 11.6 Å². The molecular formula is C16H27NS. The molecule has 0 aromatic heterocycles. The molecule has 2 heteroatoms. The maximum atomic E-state index is 3.70. The van der Waals surface area contributed by atoms with Crippen molar-refractivity contribution in [3.63, 3.8) is 0 Å². The number of anilines is 1. The minimum Gasteiger partial charge on any atom is -0.382 e. The van der Waals surface area contributed by atoms with E-state index in [4.69, 9.17) is 0 Å². The molecule has 0 fully saturated rings. The fourth-order valence-corrected chi connectivity index (χ4v) is 2.76. The molecule has 1 N–H and O–H groups in total. The number of benzene rings is 1. The molecule has 0 spiro atoms. The zero-order valence-corrected chi connectivity index (χ0v) is 13.2. The Hall–Kier alpha value is -0.630. The molecule has 0 saturated carbocycles. The minimum absolute atomic E-state index is 0.585. The summed E-state index contributed by atoms with van der Waals surface area (Å²) in [4.78, 5) is 1.33. The second-order valence-electron chi connectivity index (χ2n) is 5.83. The molecule has 0 aliphatic rings. The Bertz CT molecular complexity index is 337. The normalized spacial score (nSPS) is 11.6. The second kappa shape index (κ2) is 7.73. The van der Waals surface area contributed by atoms with E-state index < -0.39 is 0 Å². The van der Waals surface area contributed by atoms with Crippen molar-refractivity contribution in [3.8, 4) is 0 Å². The van der Waals surface area contributed by atoms with Gasteiger partial charge in [-0.15, -0.1) is 11.8 Å². The van der Waals surface area contributed by atoms with Gasteiger partial charge in [0.05, 0.1) is 0 Å². The number of hydrogen-bond acceptors (Lipinski definition) is 2. The first-order chi connectivity index (χ1) is 8.51. The Labute approximate surface area is 117 Å². The van der Waals surface area contributed by atoms with E-state index in [1.54, 1.807) is 11.8 Å². The highest BCUT2D eigenvalue weighted by atomic mass is 32.2. The van der Waals surface area contributed by atoms with Crippen molar-refractivity contribution in [1.82, 2.24) is 0 Å².